The summed E-state index contributed by atoms with van der Waals surface area (Å²) in [7, 11) is 0. The van der Waals surface area contributed by atoms with Crippen LogP contribution in [0.25, 0.3) is 44.1 Å². The van der Waals surface area contributed by atoms with Gasteiger partial charge in [-0.3, -0.25) is 0 Å². The molecule has 0 aliphatic carbocycles. The van der Waals surface area contributed by atoms with E-state index in [4.69, 9.17) is 5.11 Å². The minimum atomic E-state index is -0.600. The van der Waals surface area contributed by atoms with Crippen molar-refractivity contribution in [1.29, 1.82) is 0 Å². The number of aliphatic hydroxyl groups is 2. The Morgan fingerprint density at radius 3 is 2.12 bits per heavy atom. The Morgan fingerprint density at radius 1 is 0.727 bits per heavy atom. The fraction of sp³-hybridized carbons (Fsp3) is 0.172. The maximum atomic E-state index is 10.9. The molecule has 166 valence electrons. The largest absolute Gasteiger partial charge is 0.395 e. The van der Waals surface area contributed by atoms with Crippen LogP contribution in [-0.2, 0) is 6.54 Å². The van der Waals surface area contributed by atoms with E-state index in [0.717, 1.165) is 22.3 Å². The van der Waals surface area contributed by atoms with Gasteiger partial charge in [-0.1, -0.05) is 97.1 Å². The summed E-state index contributed by atoms with van der Waals surface area (Å²) < 4.78 is 2.28. The molecule has 0 spiro atoms. The summed E-state index contributed by atoms with van der Waals surface area (Å²) in [6.07, 6.45) is -0.600. The second kappa shape index (κ2) is 9.59. The number of benzene rings is 4. The number of fused-ring (bicyclic) bond motifs is 3. The number of nitrogens with one attached hydrogen (secondary N) is 1. The first-order valence-corrected chi connectivity index (χ1v) is 11.4. The first-order chi connectivity index (χ1) is 16.3. The highest BCUT2D eigenvalue weighted by Gasteiger charge is 2.23. The van der Waals surface area contributed by atoms with E-state index in [9.17, 15) is 5.11 Å². The number of hydrogen-bond acceptors (Lipinski definition) is 3. The van der Waals surface area contributed by atoms with Gasteiger partial charge in [0.25, 0.3) is 0 Å². The summed E-state index contributed by atoms with van der Waals surface area (Å²) >= 11 is 0. The smallest absolute Gasteiger partial charge is 0.0843 e. The first kappa shape index (κ1) is 21.4. The third-order valence-corrected chi connectivity index (χ3v) is 6.12. The molecule has 1 atom stereocenters. The lowest BCUT2D eigenvalue weighted by Crippen LogP contribution is -2.32. The zero-order valence-corrected chi connectivity index (χ0v) is 18.5. The van der Waals surface area contributed by atoms with Gasteiger partial charge >= 0.3 is 0 Å². The van der Waals surface area contributed by atoms with Crippen LogP contribution in [0.4, 0.5) is 0 Å². The second-order valence-corrected chi connectivity index (χ2v) is 8.33. The van der Waals surface area contributed by atoms with Gasteiger partial charge in [0, 0.05) is 29.4 Å². The third-order valence-electron chi connectivity index (χ3n) is 6.12. The molecule has 0 bridgehead atoms. The van der Waals surface area contributed by atoms with E-state index in [1.807, 2.05) is 12.1 Å². The molecule has 0 fully saturated rings. The number of rotatable bonds is 8. The van der Waals surface area contributed by atoms with Crippen molar-refractivity contribution >= 4 is 21.7 Å². The zero-order chi connectivity index (χ0) is 22.6. The number of aromatic nitrogens is 1. The average molecular weight is 437 g/mol. The molecule has 1 heterocycles. The average Bonchev–Trinajstić information content (AvgIpc) is 3.19. The van der Waals surface area contributed by atoms with Crippen LogP contribution in [-0.4, -0.2) is 40.6 Å². The van der Waals surface area contributed by atoms with Crippen LogP contribution in [0.5, 0.6) is 0 Å². The van der Waals surface area contributed by atoms with E-state index < -0.39 is 6.10 Å². The molecule has 0 saturated heterocycles. The second-order valence-electron chi connectivity index (χ2n) is 8.33. The molecule has 1 unspecified atom stereocenters. The van der Waals surface area contributed by atoms with Gasteiger partial charge in [0.15, 0.2) is 0 Å². The molecule has 4 aromatic carbocycles. The van der Waals surface area contributed by atoms with Gasteiger partial charge < -0.3 is 20.1 Å². The third kappa shape index (κ3) is 4.16. The van der Waals surface area contributed by atoms with Gasteiger partial charge in [0.05, 0.1) is 30.5 Å². The van der Waals surface area contributed by atoms with Crippen LogP contribution in [0.15, 0.2) is 97.1 Å². The molecule has 0 saturated carbocycles. The van der Waals surface area contributed by atoms with Crippen molar-refractivity contribution in [3.8, 4) is 22.4 Å². The summed E-state index contributed by atoms with van der Waals surface area (Å²) in [5, 5.41) is 26.7. The highest BCUT2D eigenvalue weighted by atomic mass is 16.3. The van der Waals surface area contributed by atoms with Gasteiger partial charge in [-0.05, 0) is 16.5 Å². The summed E-state index contributed by atoms with van der Waals surface area (Å²) in [6, 6.07) is 33.7. The molecule has 4 nitrogen and oxygen atoms in total. The van der Waals surface area contributed by atoms with Crippen molar-refractivity contribution in [2.24, 2.45) is 0 Å². The van der Waals surface area contributed by atoms with E-state index in [0.29, 0.717) is 19.6 Å². The molecular weight excluding hydrogens is 408 g/mol. The van der Waals surface area contributed by atoms with Crippen LogP contribution in [0.3, 0.4) is 0 Å². The quantitative estimate of drug-likeness (QED) is 0.298. The van der Waals surface area contributed by atoms with Crippen molar-refractivity contribution in [1.82, 2.24) is 9.88 Å². The molecule has 0 radical (unpaired) electrons. The van der Waals surface area contributed by atoms with E-state index in [1.54, 1.807) is 0 Å². The molecule has 0 amide bonds. The summed E-state index contributed by atoms with van der Waals surface area (Å²) in [4.78, 5) is 0. The molecule has 0 aliphatic rings. The van der Waals surface area contributed by atoms with Gasteiger partial charge in [0.1, 0.15) is 0 Å². The van der Waals surface area contributed by atoms with Crippen LogP contribution in [0.1, 0.15) is 0 Å². The zero-order valence-electron chi connectivity index (χ0n) is 18.5. The molecule has 1 aromatic heterocycles. The van der Waals surface area contributed by atoms with Crippen molar-refractivity contribution in [2.75, 3.05) is 19.7 Å². The number of nitrogens with zero attached hydrogens (tertiary/aromatic N) is 1. The van der Waals surface area contributed by atoms with Crippen molar-refractivity contribution in [2.45, 2.75) is 12.6 Å². The molecule has 3 N–H and O–H groups in total. The molecule has 0 aliphatic heterocycles. The fourth-order valence-corrected chi connectivity index (χ4v) is 4.72. The minimum absolute atomic E-state index is 0.0528. The predicted octanol–water partition coefficient (Wildman–Crippen LogP) is 5.07. The Balaban J connectivity index is 1.82. The fourth-order valence-electron chi connectivity index (χ4n) is 4.72. The van der Waals surface area contributed by atoms with Crippen LogP contribution in [0.2, 0.25) is 0 Å². The molecule has 4 heteroatoms. The Morgan fingerprint density at radius 2 is 1.39 bits per heavy atom. The van der Waals surface area contributed by atoms with Crippen molar-refractivity contribution in [3.05, 3.63) is 97.1 Å². The maximum Gasteiger partial charge on any atom is 0.0843 e. The molecule has 33 heavy (non-hydrogen) atoms. The Kier molecular flexibility index (Phi) is 6.22. The highest BCUT2D eigenvalue weighted by molar-refractivity contribution is 6.15. The topological polar surface area (TPSA) is 57.4 Å². The van der Waals surface area contributed by atoms with E-state index in [-0.39, 0.29) is 6.61 Å². The van der Waals surface area contributed by atoms with E-state index >= 15 is 0 Å². The van der Waals surface area contributed by atoms with E-state index in [2.05, 4.69) is 94.8 Å². The minimum Gasteiger partial charge on any atom is -0.395 e. The molecular formula is C29H28N2O2. The monoisotopic (exact) mass is 436 g/mol. The predicted molar refractivity (Wildman–Crippen MR) is 136 cm³/mol. The normalized spacial score (nSPS) is 12.4. The Bertz CT molecular complexity index is 1360. The lowest BCUT2D eigenvalue weighted by molar-refractivity contribution is 0.151. The molecule has 5 rings (SSSR count). The summed E-state index contributed by atoms with van der Waals surface area (Å²) in [6.45, 7) is 1.38. The first-order valence-electron chi connectivity index (χ1n) is 11.4. The van der Waals surface area contributed by atoms with Gasteiger partial charge in [-0.15, -0.1) is 0 Å². The standard InChI is InChI=1S/C29H28N2O2/c32-18-17-30-19-24(33)20-31-28(23-12-5-2-6-13-23)27(22-10-3-1-4-11-22)26-16-15-21-9-7-8-14-25(21)29(26)31/h1-16,24,30,32-33H,17-20H2. The van der Waals surface area contributed by atoms with Gasteiger partial charge in [-0.2, -0.15) is 0 Å². The summed E-state index contributed by atoms with van der Waals surface area (Å²) in [5.74, 6) is 0. The van der Waals surface area contributed by atoms with Gasteiger partial charge in [0.2, 0.25) is 0 Å². The molecule has 5 aromatic rings. The van der Waals surface area contributed by atoms with E-state index in [1.165, 1.54) is 21.7 Å². The van der Waals surface area contributed by atoms with Crippen molar-refractivity contribution < 1.29 is 10.2 Å². The van der Waals surface area contributed by atoms with Crippen LogP contribution >= 0.6 is 0 Å². The van der Waals surface area contributed by atoms with Gasteiger partial charge in [-0.25, -0.2) is 0 Å². The highest BCUT2D eigenvalue weighted by Crippen LogP contribution is 2.43. The Hall–Kier alpha value is -3.44. The van der Waals surface area contributed by atoms with Crippen LogP contribution < -0.4 is 5.32 Å². The lowest BCUT2D eigenvalue weighted by atomic mass is 9.97. The summed E-state index contributed by atoms with van der Waals surface area (Å²) in [5.41, 5.74) is 5.69. The number of hydrogen-bond donors (Lipinski definition) is 3. The van der Waals surface area contributed by atoms with Crippen molar-refractivity contribution in [3.63, 3.8) is 0 Å². The van der Waals surface area contributed by atoms with Crippen LogP contribution in [0, 0.1) is 0 Å². The SMILES string of the molecule is OCCNCC(O)Cn1c(-c2ccccc2)c(-c2ccccc2)c2ccc3ccccc3c21. The lowest BCUT2D eigenvalue weighted by Gasteiger charge is -2.18. The Labute approximate surface area is 193 Å². The number of aliphatic hydroxyl groups excluding tert-OH is 2. The maximum absolute atomic E-state index is 10.9.